The van der Waals surface area contributed by atoms with Gasteiger partial charge in [-0.1, -0.05) is 39.5 Å². The van der Waals surface area contributed by atoms with E-state index < -0.39 is 0 Å². The van der Waals surface area contributed by atoms with Gasteiger partial charge in [0.1, 0.15) is 0 Å². The van der Waals surface area contributed by atoms with Crippen LogP contribution >= 0.6 is 0 Å². The Morgan fingerprint density at radius 2 is 2.18 bits per heavy atom. The molecule has 0 saturated heterocycles. The first-order valence-electron chi connectivity index (χ1n) is 5.02. The lowest BCUT2D eigenvalue weighted by atomic mass is 9.73. The Labute approximate surface area is 71.4 Å². The predicted molar refractivity (Wildman–Crippen MR) is 49.3 cm³/mol. The van der Waals surface area contributed by atoms with E-state index in [1.165, 1.54) is 44.9 Å². The van der Waals surface area contributed by atoms with E-state index in [2.05, 4.69) is 20.3 Å². The topological polar surface area (TPSA) is 0 Å². The highest BCUT2D eigenvalue weighted by atomic mass is 14.3. The largest absolute Gasteiger partial charge is 0.0654 e. The molecule has 0 aliphatic heterocycles. The van der Waals surface area contributed by atoms with Gasteiger partial charge < -0.3 is 0 Å². The average Bonchev–Trinajstić information content (AvgIpc) is 2.03. The van der Waals surface area contributed by atoms with Crippen LogP contribution in [0.25, 0.3) is 0 Å². The Morgan fingerprint density at radius 1 is 1.36 bits per heavy atom. The van der Waals surface area contributed by atoms with Crippen molar-refractivity contribution in [3.63, 3.8) is 0 Å². The van der Waals surface area contributed by atoms with E-state index in [4.69, 9.17) is 0 Å². The quantitative estimate of drug-likeness (QED) is 0.576. The Bertz CT molecular complexity index is 98.6. The molecule has 0 nitrogen and oxygen atoms in total. The number of rotatable bonds is 3. The molecular formula is C11H20. The minimum atomic E-state index is 0.480. The summed E-state index contributed by atoms with van der Waals surface area (Å²) in [6.45, 7) is 4.65. The molecule has 0 aromatic heterocycles. The fourth-order valence-corrected chi connectivity index (χ4v) is 1.90. The van der Waals surface area contributed by atoms with Gasteiger partial charge in [0.15, 0.2) is 0 Å². The van der Waals surface area contributed by atoms with E-state index in [1.807, 2.05) is 0 Å². The molecule has 1 aliphatic carbocycles. The molecule has 0 spiro atoms. The highest BCUT2D eigenvalue weighted by molar-refractivity contribution is 4.91. The van der Waals surface area contributed by atoms with Gasteiger partial charge in [-0.25, -0.2) is 0 Å². The summed E-state index contributed by atoms with van der Waals surface area (Å²) in [4.78, 5) is 0. The number of unbranched alkanes of at least 4 members (excludes halogenated alkanes) is 1. The molecule has 0 heteroatoms. The molecule has 1 aliphatic rings. The molecule has 0 aromatic carbocycles. The lowest BCUT2D eigenvalue weighted by Gasteiger charge is -2.32. The van der Waals surface area contributed by atoms with Crippen molar-refractivity contribution in [2.24, 2.45) is 5.41 Å². The molecule has 0 aromatic rings. The maximum atomic E-state index is 3.63. The van der Waals surface area contributed by atoms with Crippen LogP contribution in [-0.4, -0.2) is 0 Å². The third kappa shape index (κ3) is 2.84. The van der Waals surface area contributed by atoms with Crippen LogP contribution in [0.2, 0.25) is 0 Å². The molecule has 0 bridgehead atoms. The summed E-state index contributed by atoms with van der Waals surface area (Å²) in [5, 5.41) is 0. The van der Waals surface area contributed by atoms with Crippen LogP contribution in [0.3, 0.4) is 0 Å². The molecule has 1 saturated carbocycles. The number of hydrogen-bond donors (Lipinski definition) is 0. The zero-order valence-corrected chi connectivity index (χ0v) is 7.95. The molecule has 1 fully saturated rings. The molecule has 64 valence electrons. The van der Waals surface area contributed by atoms with E-state index >= 15 is 0 Å². The van der Waals surface area contributed by atoms with Gasteiger partial charge >= 0.3 is 0 Å². The van der Waals surface area contributed by atoms with Crippen molar-refractivity contribution in [1.82, 2.24) is 0 Å². The highest BCUT2D eigenvalue weighted by Gasteiger charge is 2.26. The van der Waals surface area contributed by atoms with E-state index in [0.29, 0.717) is 5.41 Å². The van der Waals surface area contributed by atoms with Crippen molar-refractivity contribution in [2.75, 3.05) is 0 Å². The van der Waals surface area contributed by atoms with Gasteiger partial charge in [-0.15, -0.1) is 0 Å². The van der Waals surface area contributed by atoms with Gasteiger partial charge in [-0.05, 0) is 31.1 Å². The first-order chi connectivity index (χ1) is 5.27. The molecule has 0 N–H and O–H groups in total. The molecule has 2 radical (unpaired) electrons. The van der Waals surface area contributed by atoms with Crippen molar-refractivity contribution in [3.8, 4) is 0 Å². The zero-order chi connectivity index (χ0) is 8.16. The molecule has 11 heavy (non-hydrogen) atoms. The second-order valence-corrected chi connectivity index (χ2v) is 4.05. The van der Waals surface area contributed by atoms with Gasteiger partial charge in [-0.3, -0.25) is 0 Å². The van der Waals surface area contributed by atoms with Crippen LogP contribution in [0.15, 0.2) is 0 Å². The predicted octanol–water partition coefficient (Wildman–Crippen LogP) is 3.84. The molecule has 0 amide bonds. The van der Waals surface area contributed by atoms with Crippen molar-refractivity contribution in [1.29, 1.82) is 0 Å². The zero-order valence-electron chi connectivity index (χ0n) is 7.95. The Kier molecular flexibility index (Phi) is 3.42. The average molecular weight is 152 g/mol. The standard InChI is InChI=1S/C11H20/c1-3-4-8-11(2)9-6-5-7-10-11/h3-9H2,1-2H3. The SMILES string of the molecule is CCCCC1(C)[C]CCCC1. The highest BCUT2D eigenvalue weighted by Crippen LogP contribution is 2.38. The lowest BCUT2D eigenvalue weighted by Crippen LogP contribution is -2.20. The summed E-state index contributed by atoms with van der Waals surface area (Å²) in [5.41, 5.74) is 0.480. The van der Waals surface area contributed by atoms with E-state index in [-0.39, 0.29) is 0 Å². The monoisotopic (exact) mass is 152 g/mol. The van der Waals surface area contributed by atoms with E-state index in [0.717, 1.165) is 0 Å². The second kappa shape index (κ2) is 4.13. The molecule has 1 atom stereocenters. The lowest BCUT2D eigenvalue weighted by molar-refractivity contribution is 0.267. The first kappa shape index (κ1) is 9.09. The van der Waals surface area contributed by atoms with E-state index in [9.17, 15) is 0 Å². The molecule has 0 heterocycles. The van der Waals surface area contributed by atoms with Crippen LogP contribution in [0.1, 0.15) is 58.8 Å². The molecule has 1 unspecified atom stereocenters. The third-order valence-electron chi connectivity index (χ3n) is 2.79. The van der Waals surface area contributed by atoms with E-state index in [1.54, 1.807) is 0 Å². The van der Waals surface area contributed by atoms with Gasteiger partial charge in [-0.2, -0.15) is 0 Å². The summed E-state index contributed by atoms with van der Waals surface area (Å²) in [6.07, 6.45) is 13.1. The van der Waals surface area contributed by atoms with Gasteiger partial charge in [0.25, 0.3) is 0 Å². The van der Waals surface area contributed by atoms with Crippen LogP contribution in [0.5, 0.6) is 0 Å². The van der Waals surface area contributed by atoms with Gasteiger partial charge in [0.05, 0.1) is 0 Å². The number of hydrogen-bond acceptors (Lipinski definition) is 0. The third-order valence-corrected chi connectivity index (χ3v) is 2.79. The maximum absolute atomic E-state index is 3.63. The van der Waals surface area contributed by atoms with Crippen molar-refractivity contribution >= 4 is 0 Å². The summed E-state index contributed by atoms with van der Waals surface area (Å²) in [7, 11) is 0. The van der Waals surface area contributed by atoms with Crippen LogP contribution in [0.4, 0.5) is 0 Å². The molecule has 1 rings (SSSR count). The smallest absolute Gasteiger partial charge is 0.0109 e. The van der Waals surface area contributed by atoms with Crippen molar-refractivity contribution in [2.45, 2.75) is 58.8 Å². The second-order valence-electron chi connectivity index (χ2n) is 4.05. The van der Waals surface area contributed by atoms with Crippen molar-refractivity contribution in [3.05, 3.63) is 6.42 Å². The molecular weight excluding hydrogens is 132 g/mol. The Balaban J connectivity index is 2.25. The minimum absolute atomic E-state index is 0.480. The summed E-state index contributed by atoms with van der Waals surface area (Å²) >= 11 is 0. The first-order valence-corrected chi connectivity index (χ1v) is 5.02. The fraction of sp³-hybridized carbons (Fsp3) is 0.909. The Morgan fingerprint density at radius 3 is 2.73 bits per heavy atom. The normalized spacial score (nSPS) is 23.5. The summed E-state index contributed by atoms with van der Waals surface area (Å²) in [5.74, 6) is 0. The Hall–Kier alpha value is 0. The summed E-state index contributed by atoms with van der Waals surface area (Å²) in [6, 6.07) is 0. The van der Waals surface area contributed by atoms with Crippen LogP contribution < -0.4 is 0 Å². The van der Waals surface area contributed by atoms with Gasteiger partial charge in [0.2, 0.25) is 0 Å². The van der Waals surface area contributed by atoms with Gasteiger partial charge in [0, 0.05) is 0 Å². The maximum Gasteiger partial charge on any atom is -0.0109 e. The van der Waals surface area contributed by atoms with Crippen molar-refractivity contribution < 1.29 is 0 Å². The minimum Gasteiger partial charge on any atom is -0.0654 e. The van der Waals surface area contributed by atoms with Crippen LogP contribution in [0, 0.1) is 11.8 Å². The van der Waals surface area contributed by atoms with Crippen LogP contribution in [-0.2, 0) is 0 Å². The fourth-order valence-electron chi connectivity index (χ4n) is 1.90. The summed E-state index contributed by atoms with van der Waals surface area (Å²) < 4.78 is 0.